The van der Waals surface area contributed by atoms with Crippen LogP contribution in [0.25, 0.3) is 16.8 Å². The Morgan fingerprint density at radius 3 is 2.24 bits per heavy atom. The molecule has 29 heavy (non-hydrogen) atoms. The first-order valence-corrected chi connectivity index (χ1v) is 8.54. The number of carbonyl (C=O) groups is 2. The van der Waals surface area contributed by atoms with E-state index in [4.69, 9.17) is 9.84 Å². The number of aliphatic carboxylic acids is 1. The summed E-state index contributed by atoms with van der Waals surface area (Å²) in [6.45, 7) is -1.08. The minimum absolute atomic E-state index is 0.0398. The van der Waals surface area contributed by atoms with E-state index in [2.05, 4.69) is 5.10 Å². The Morgan fingerprint density at radius 1 is 0.897 bits per heavy atom. The third kappa shape index (κ3) is 3.27. The highest BCUT2D eigenvalue weighted by Crippen LogP contribution is 2.18. The molecule has 0 aliphatic heterocycles. The van der Waals surface area contributed by atoms with E-state index in [9.17, 15) is 19.2 Å². The molecule has 0 amide bonds. The van der Waals surface area contributed by atoms with Gasteiger partial charge in [-0.2, -0.15) is 0 Å². The molecule has 0 atom stereocenters. The lowest BCUT2D eigenvalue weighted by Gasteiger charge is -2.07. The molecule has 0 saturated heterocycles. The first kappa shape index (κ1) is 18.2. The lowest BCUT2D eigenvalue weighted by Crippen LogP contribution is -2.41. The molecule has 4 aromatic rings. The van der Waals surface area contributed by atoms with Crippen molar-refractivity contribution >= 4 is 28.7 Å². The van der Waals surface area contributed by atoms with Gasteiger partial charge in [-0.3, -0.25) is 19.0 Å². The summed E-state index contributed by atoms with van der Waals surface area (Å²) in [5.41, 5.74) is -1.19. The molecule has 0 unspecified atom stereocenters. The second kappa shape index (κ2) is 7.08. The van der Waals surface area contributed by atoms with Crippen LogP contribution in [-0.2, 0) is 22.7 Å². The topological polar surface area (TPSA) is 125 Å². The highest BCUT2D eigenvalue weighted by Gasteiger charge is 2.20. The number of carbonyl (C=O) groups excluding carboxylic acids is 1. The minimum atomic E-state index is -1.32. The number of carboxylic acids is 1. The van der Waals surface area contributed by atoms with Gasteiger partial charge in [-0.05, 0) is 24.3 Å². The summed E-state index contributed by atoms with van der Waals surface area (Å²) < 4.78 is 8.33. The summed E-state index contributed by atoms with van der Waals surface area (Å²) in [5, 5.41) is 13.0. The molecular formula is C19H14N4O6. The molecular weight excluding hydrogens is 380 g/mol. The van der Waals surface area contributed by atoms with Crippen LogP contribution in [0.1, 0.15) is 0 Å². The van der Waals surface area contributed by atoms with Crippen LogP contribution in [0.2, 0.25) is 0 Å². The zero-order valence-corrected chi connectivity index (χ0v) is 14.9. The van der Waals surface area contributed by atoms with Crippen LogP contribution in [-0.4, -0.2) is 35.8 Å². The summed E-state index contributed by atoms with van der Waals surface area (Å²) >= 11 is 0. The van der Waals surface area contributed by atoms with Gasteiger partial charge in [0.2, 0.25) is 5.78 Å². The van der Waals surface area contributed by atoms with Crippen molar-refractivity contribution in [1.82, 2.24) is 18.7 Å². The SMILES string of the molecule is O=C(O)Cn1nc2n(CC(=O)Oc3ccccc3)c3ccccc3n2c(=O)c1=O. The fourth-order valence-electron chi connectivity index (χ4n) is 3.05. The van der Waals surface area contributed by atoms with E-state index in [1.54, 1.807) is 54.6 Å². The first-order valence-electron chi connectivity index (χ1n) is 8.54. The molecule has 0 bridgehead atoms. The molecule has 4 rings (SSSR count). The van der Waals surface area contributed by atoms with E-state index in [-0.39, 0.29) is 12.3 Å². The molecule has 2 aromatic heterocycles. The number of carboxylic acid groups (broad SMARTS) is 1. The van der Waals surface area contributed by atoms with Crippen LogP contribution in [0.15, 0.2) is 64.2 Å². The van der Waals surface area contributed by atoms with Gasteiger partial charge in [0, 0.05) is 0 Å². The summed E-state index contributed by atoms with van der Waals surface area (Å²) in [4.78, 5) is 48.3. The van der Waals surface area contributed by atoms with Crippen LogP contribution >= 0.6 is 0 Å². The number of rotatable bonds is 5. The molecule has 0 aliphatic carbocycles. The predicted octanol–water partition coefficient (Wildman–Crippen LogP) is 0.501. The Balaban J connectivity index is 1.88. The summed E-state index contributed by atoms with van der Waals surface area (Å²) in [6.07, 6.45) is 0. The van der Waals surface area contributed by atoms with Crippen molar-refractivity contribution in [1.29, 1.82) is 0 Å². The molecule has 0 aliphatic rings. The van der Waals surface area contributed by atoms with Gasteiger partial charge >= 0.3 is 23.1 Å². The van der Waals surface area contributed by atoms with Gasteiger partial charge in [-0.25, -0.2) is 13.9 Å². The van der Waals surface area contributed by atoms with Crippen molar-refractivity contribution in [2.45, 2.75) is 13.1 Å². The van der Waals surface area contributed by atoms with Crippen molar-refractivity contribution < 1.29 is 19.4 Å². The number of imidazole rings is 1. The van der Waals surface area contributed by atoms with Crippen LogP contribution < -0.4 is 15.9 Å². The lowest BCUT2D eigenvalue weighted by molar-refractivity contribution is -0.138. The van der Waals surface area contributed by atoms with Crippen molar-refractivity contribution in [3.63, 3.8) is 0 Å². The number of nitrogens with zero attached hydrogens (tertiary/aromatic N) is 4. The monoisotopic (exact) mass is 394 g/mol. The molecule has 0 saturated carbocycles. The standard InChI is InChI=1S/C19H14N4O6/c24-15(25)10-22-17(27)18(28)23-14-9-5-4-8-13(14)21(19(23)20-22)11-16(26)29-12-6-2-1-3-7-12/h1-9H,10-11H2,(H,24,25). The van der Waals surface area contributed by atoms with Gasteiger partial charge in [0.25, 0.3) is 0 Å². The molecule has 0 spiro atoms. The van der Waals surface area contributed by atoms with E-state index in [1.165, 1.54) is 4.57 Å². The highest BCUT2D eigenvalue weighted by atomic mass is 16.5. The Morgan fingerprint density at radius 2 is 1.55 bits per heavy atom. The maximum absolute atomic E-state index is 12.6. The number of aromatic nitrogens is 4. The average Bonchev–Trinajstić information content (AvgIpc) is 3.00. The van der Waals surface area contributed by atoms with Crippen molar-refractivity contribution in [3.8, 4) is 5.75 Å². The molecule has 0 fully saturated rings. The van der Waals surface area contributed by atoms with E-state index >= 15 is 0 Å². The zero-order valence-electron chi connectivity index (χ0n) is 14.9. The third-order valence-corrected chi connectivity index (χ3v) is 4.23. The summed E-state index contributed by atoms with van der Waals surface area (Å²) in [5.74, 6) is -1.63. The predicted molar refractivity (Wildman–Crippen MR) is 101 cm³/mol. The first-order chi connectivity index (χ1) is 14.0. The number of para-hydroxylation sites is 3. The van der Waals surface area contributed by atoms with Crippen LogP contribution in [0.3, 0.4) is 0 Å². The fraction of sp³-hybridized carbons (Fsp3) is 0.105. The van der Waals surface area contributed by atoms with Gasteiger partial charge in [0.1, 0.15) is 18.8 Å². The number of esters is 1. The van der Waals surface area contributed by atoms with E-state index in [1.807, 2.05) is 0 Å². The largest absolute Gasteiger partial charge is 0.480 e. The lowest BCUT2D eigenvalue weighted by atomic mass is 10.3. The quantitative estimate of drug-likeness (QED) is 0.297. The van der Waals surface area contributed by atoms with Gasteiger partial charge < -0.3 is 9.84 Å². The zero-order chi connectivity index (χ0) is 20.5. The number of hydrogen-bond acceptors (Lipinski definition) is 6. The molecule has 0 radical (unpaired) electrons. The Hall–Kier alpha value is -4.21. The second-order valence-corrected chi connectivity index (χ2v) is 6.16. The summed E-state index contributed by atoms with van der Waals surface area (Å²) in [6, 6.07) is 15.1. The molecule has 10 heteroatoms. The van der Waals surface area contributed by atoms with Gasteiger partial charge in [-0.1, -0.05) is 30.3 Å². The highest BCUT2D eigenvalue weighted by molar-refractivity contribution is 5.83. The van der Waals surface area contributed by atoms with Crippen LogP contribution in [0, 0.1) is 0 Å². The van der Waals surface area contributed by atoms with Crippen molar-refractivity contribution in [2.75, 3.05) is 0 Å². The number of benzene rings is 2. The average molecular weight is 394 g/mol. The van der Waals surface area contributed by atoms with Gasteiger partial charge in [0.15, 0.2) is 0 Å². The molecule has 146 valence electrons. The van der Waals surface area contributed by atoms with Gasteiger partial charge in [-0.15, -0.1) is 5.10 Å². The maximum atomic E-state index is 12.6. The number of ether oxygens (including phenoxy) is 1. The molecule has 1 N–H and O–H groups in total. The van der Waals surface area contributed by atoms with Crippen LogP contribution in [0.5, 0.6) is 5.75 Å². The normalized spacial score (nSPS) is 11.0. The molecule has 2 heterocycles. The third-order valence-electron chi connectivity index (χ3n) is 4.23. The van der Waals surface area contributed by atoms with E-state index in [0.717, 1.165) is 4.40 Å². The maximum Gasteiger partial charge on any atom is 0.333 e. The van der Waals surface area contributed by atoms with Crippen molar-refractivity contribution in [3.05, 3.63) is 75.3 Å². The Labute approximate surface area is 161 Å². The summed E-state index contributed by atoms with van der Waals surface area (Å²) in [7, 11) is 0. The van der Waals surface area contributed by atoms with Gasteiger partial charge in [0.05, 0.1) is 11.0 Å². The van der Waals surface area contributed by atoms with Crippen LogP contribution in [0.4, 0.5) is 0 Å². The second-order valence-electron chi connectivity index (χ2n) is 6.16. The Kier molecular flexibility index (Phi) is 4.43. The molecule has 10 nitrogen and oxygen atoms in total. The fourth-order valence-corrected chi connectivity index (χ4v) is 3.05. The number of hydrogen-bond donors (Lipinski definition) is 1. The van der Waals surface area contributed by atoms with E-state index in [0.29, 0.717) is 21.5 Å². The smallest absolute Gasteiger partial charge is 0.333 e. The van der Waals surface area contributed by atoms with Crippen molar-refractivity contribution in [2.24, 2.45) is 0 Å². The minimum Gasteiger partial charge on any atom is -0.480 e. The Bertz CT molecular complexity index is 1370. The number of fused-ring (bicyclic) bond motifs is 3. The van der Waals surface area contributed by atoms with E-state index < -0.39 is 29.6 Å². The molecule has 2 aromatic carbocycles.